The summed E-state index contributed by atoms with van der Waals surface area (Å²) in [5, 5.41) is 9.27. The molecule has 0 bridgehead atoms. The molecule has 1 heterocycles. The molecule has 0 spiro atoms. The number of halogens is 2. The van der Waals surface area contributed by atoms with E-state index in [4.69, 9.17) is 0 Å². The summed E-state index contributed by atoms with van der Waals surface area (Å²) < 4.78 is 14.5. The van der Waals surface area contributed by atoms with Gasteiger partial charge in [0.05, 0.1) is 5.41 Å². The molecule has 3 nitrogen and oxygen atoms in total. The first-order valence-electron chi connectivity index (χ1n) is 6.30. The molecule has 1 fully saturated rings. The largest absolute Gasteiger partial charge is 0.481 e. The van der Waals surface area contributed by atoms with Gasteiger partial charge in [0.1, 0.15) is 5.82 Å². The first kappa shape index (κ1) is 14.5. The molecule has 1 aromatic rings. The number of hydrogen-bond acceptors (Lipinski definition) is 2. The van der Waals surface area contributed by atoms with Crippen LogP contribution >= 0.6 is 15.9 Å². The number of carboxylic acid groups (broad SMARTS) is 1. The van der Waals surface area contributed by atoms with Gasteiger partial charge in [0.2, 0.25) is 0 Å². The molecular weight excluding hydrogens is 313 g/mol. The van der Waals surface area contributed by atoms with E-state index < -0.39 is 11.4 Å². The highest BCUT2D eigenvalue weighted by Gasteiger charge is 2.37. The molecule has 1 aromatic carbocycles. The second-order valence-corrected chi connectivity index (χ2v) is 6.33. The Morgan fingerprint density at radius 2 is 2.32 bits per heavy atom. The summed E-state index contributed by atoms with van der Waals surface area (Å²) in [6.45, 7) is 3.51. The van der Waals surface area contributed by atoms with E-state index in [0.717, 1.165) is 13.0 Å². The maximum absolute atomic E-state index is 13.8. The number of benzene rings is 1. The van der Waals surface area contributed by atoms with Gasteiger partial charge in [-0.05, 0) is 38.4 Å². The summed E-state index contributed by atoms with van der Waals surface area (Å²) in [6, 6.07) is 4.99. The third-order valence-corrected chi connectivity index (χ3v) is 4.19. The van der Waals surface area contributed by atoms with E-state index in [-0.39, 0.29) is 5.82 Å². The van der Waals surface area contributed by atoms with E-state index in [1.165, 1.54) is 6.07 Å². The lowest BCUT2D eigenvalue weighted by molar-refractivity contribution is -0.151. The van der Waals surface area contributed by atoms with E-state index >= 15 is 0 Å². The minimum absolute atomic E-state index is 0.253. The Balaban J connectivity index is 2.09. The smallest absolute Gasteiger partial charge is 0.310 e. The van der Waals surface area contributed by atoms with Crippen LogP contribution in [-0.4, -0.2) is 29.1 Å². The Labute approximate surface area is 120 Å². The maximum Gasteiger partial charge on any atom is 0.310 e. The molecule has 5 heteroatoms. The number of rotatable bonds is 3. The van der Waals surface area contributed by atoms with Crippen LogP contribution in [0.2, 0.25) is 0 Å². The summed E-state index contributed by atoms with van der Waals surface area (Å²) in [6.07, 6.45) is 1.52. The number of aliphatic carboxylic acids is 1. The number of carboxylic acids is 1. The van der Waals surface area contributed by atoms with Crippen molar-refractivity contribution in [1.82, 2.24) is 4.90 Å². The topological polar surface area (TPSA) is 40.5 Å². The Kier molecular flexibility index (Phi) is 4.26. The zero-order valence-corrected chi connectivity index (χ0v) is 12.4. The Bertz CT molecular complexity index is 494. The van der Waals surface area contributed by atoms with Gasteiger partial charge in [-0.1, -0.05) is 22.0 Å². The molecule has 1 aliphatic rings. The lowest BCUT2D eigenvalue weighted by Gasteiger charge is -2.37. The van der Waals surface area contributed by atoms with Gasteiger partial charge in [-0.25, -0.2) is 4.39 Å². The van der Waals surface area contributed by atoms with Crippen LogP contribution in [0.15, 0.2) is 22.7 Å². The second kappa shape index (κ2) is 5.59. The molecule has 1 atom stereocenters. The van der Waals surface area contributed by atoms with Gasteiger partial charge < -0.3 is 5.11 Å². The molecule has 2 rings (SSSR count). The molecular formula is C14H17BrFNO2. The van der Waals surface area contributed by atoms with E-state index in [9.17, 15) is 14.3 Å². The van der Waals surface area contributed by atoms with Gasteiger partial charge in [0, 0.05) is 23.1 Å². The van der Waals surface area contributed by atoms with Crippen molar-refractivity contribution in [3.8, 4) is 0 Å². The Morgan fingerprint density at radius 3 is 2.95 bits per heavy atom. The second-order valence-electron chi connectivity index (χ2n) is 5.42. The Morgan fingerprint density at radius 1 is 1.58 bits per heavy atom. The molecule has 1 saturated heterocycles. The van der Waals surface area contributed by atoms with Gasteiger partial charge in [0.15, 0.2) is 0 Å². The van der Waals surface area contributed by atoms with Crippen molar-refractivity contribution >= 4 is 21.9 Å². The lowest BCUT2D eigenvalue weighted by atomic mass is 9.82. The zero-order valence-electron chi connectivity index (χ0n) is 10.8. The average molecular weight is 330 g/mol. The van der Waals surface area contributed by atoms with Crippen LogP contribution in [0.1, 0.15) is 25.3 Å². The highest BCUT2D eigenvalue weighted by Crippen LogP contribution is 2.30. The lowest BCUT2D eigenvalue weighted by Crippen LogP contribution is -2.45. The summed E-state index contributed by atoms with van der Waals surface area (Å²) in [5.74, 6) is -1.02. The van der Waals surface area contributed by atoms with Crippen LogP contribution in [-0.2, 0) is 11.3 Å². The van der Waals surface area contributed by atoms with Crippen molar-refractivity contribution in [2.75, 3.05) is 13.1 Å². The maximum atomic E-state index is 13.8. The average Bonchev–Trinajstić information content (AvgIpc) is 2.33. The molecule has 0 amide bonds. The fourth-order valence-corrected chi connectivity index (χ4v) is 2.88. The summed E-state index contributed by atoms with van der Waals surface area (Å²) >= 11 is 3.23. The van der Waals surface area contributed by atoms with Gasteiger partial charge >= 0.3 is 5.97 Å². The van der Waals surface area contributed by atoms with Crippen LogP contribution < -0.4 is 0 Å². The first-order chi connectivity index (χ1) is 8.90. The van der Waals surface area contributed by atoms with Crippen molar-refractivity contribution in [2.24, 2.45) is 5.41 Å². The number of carbonyl (C=O) groups is 1. The normalized spacial score (nSPS) is 24.4. The summed E-state index contributed by atoms with van der Waals surface area (Å²) in [4.78, 5) is 13.3. The monoisotopic (exact) mass is 329 g/mol. The highest BCUT2D eigenvalue weighted by molar-refractivity contribution is 9.10. The SMILES string of the molecule is CC1(C(=O)O)CCCN(Cc2ccc(Br)cc2F)C1. The summed E-state index contributed by atoms with van der Waals surface area (Å²) in [7, 11) is 0. The van der Waals surface area contributed by atoms with Crippen molar-refractivity contribution in [3.63, 3.8) is 0 Å². The third kappa shape index (κ3) is 3.34. The first-order valence-corrected chi connectivity index (χ1v) is 7.10. The van der Waals surface area contributed by atoms with Crippen LogP contribution in [0.25, 0.3) is 0 Å². The molecule has 19 heavy (non-hydrogen) atoms. The molecule has 0 aliphatic carbocycles. The minimum Gasteiger partial charge on any atom is -0.481 e. The van der Waals surface area contributed by atoms with Crippen molar-refractivity contribution < 1.29 is 14.3 Å². The standard InChI is InChI=1S/C14H17BrFNO2/c1-14(13(18)19)5-2-6-17(9-14)8-10-3-4-11(15)7-12(10)16/h3-4,7H,2,5-6,8-9H2,1H3,(H,18,19). The number of hydrogen-bond donors (Lipinski definition) is 1. The molecule has 0 saturated carbocycles. The van der Waals surface area contributed by atoms with Crippen molar-refractivity contribution in [2.45, 2.75) is 26.3 Å². The number of nitrogens with zero attached hydrogens (tertiary/aromatic N) is 1. The third-order valence-electron chi connectivity index (χ3n) is 3.70. The van der Waals surface area contributed by atoms with Crippen LogP contribution in [0.5, 0.6) is 0 Å². The van der Waals surface area contributed by atoms with Crippen LogP contribution in [0.3, 0.4) is 0 Å². The Hall–Kier alpha value is -0.940. The predicted molar refractivity (Wildman–Crippen MR) is 74.4 cm³/mol. The minimum atomic E-state index is -0.770. The van der Waals surface area contributed by atoms with Gasteiger partial charge in [-0.2, -0.15) is 0 Å². The molecule has 0 radical (unpaired) electrons. The van der Waals surface area contributed by atoms with Gasteiger partial charge in [-0.3, -0.25) is 9.69 Å². The fraction of sp³-hybridized carbons (Fsp3) is 0.500. The van der Waals surface area contributed by atoms with Gasteiger partial charge in [0.25, 0.3) is 0 Å². The highest BCUT2D eigenvalue weighted by atomic mass is 79.9. The number of likely N-dealkylation sites (tertiary alicyclic amines) is 1. The van der Waals surface area contributed by atoms with Crippen molar-refractivity contribution in [3.05, 3.63) is 34.1 Å². The zero-order chi connectivity index (χ0) is 14.0. The quantitative estimate of drug-likeness (QED) is 0.925. The number of piperidine rings is 1. The van der Waals surface area contributed by atoms with Crippen LogP contribution in [0, 0.1) is 11.2 Å². The van der Waals surface area contributed by atoms with E-state index in [2.05, 4.69) is 15.9 Å². The fourth-order valence-electron chi connectivity index (χ4n) is 2.54. The van der Waals surface area contributed by atoms with Crippen molar-refractivity contribution in [1.29, 1.82) is 0 Å². The molecule has 1 unspecified atom stereocenters. The molecule has 1 N–H and O–H groups in total. The van der Waals surface area contributed by atoms with E-state index in [1.54, 1.807) is 19.1 Å². The van der Waals surface area contributed by atoms with E-state index in [0.29, 0.717) is 29.5 Å². The molecule has 0 aromatic heterocycles. The van der Waals surface area contributed by atoms with Crippen LogP contribution in [0.4, 0.5) is 4.39 Å². The predicted octanol–water partition coefficient (Wildman–Crippen LogP) is 3.27. The summed E-state index contributed by atoms with van der Waals surface area (Å²) in [5.41, 5.74) is -0.109. The molecule has 104 valence electrons. The van der Waals surface area contributed by atoms with Gasteiger partial charge in [-0.15, -0.1) is 0 Å². The van der Waals surface area contributed by atoms with E-state index in [1.807, 2.05) is 4.90 Å². The molecule has 1 aliphatic heterocycles.